The third kappa shape index (κ3) is 3.73. The van der Waals surface area contributed by atoms with Crippen LogP contribution in [-0.4, -0.2) is 11.7 Å². The maximum atomic E-state index is 12.6. The number of carbonyl (C=O) groups is 2. The average molecular weight is 383 g/mol. The molecule has 146 valence electrons. The van der Waals surface area contributed by atoms with Crippen molar-refractivity contribution in [2.45, 2.75) is 39.0 Å². The quantitative estimate of drug-likeness (QED) is 0.600. The zero-order valence-electron chi connectivity index (χ0n) is 17.1. The van der Waals surface area contributed by atoms with Crippen LogP contribution in [0.3, 0.4) is 0 Å². The van der Waals surface area contributed by atoms with Gasteiger partial charge in [0.1, 0.15) is 0 Å². The maximum absolute atomic E-state index is 12.6. The minimum absolute atomic E-state index is 0.0940. The number of anilines is 1. The van der Waals surface area contributed by atoms with Crippen molar-refractivity contribution in [3.05, 3.63) is 89.0 Å². The van der Waals surface area contributed by atoms with Crippen LogP contribution in [-0.2, 0) is 11.8 Å². The molecule has 0 unspecified atom stereocenters. The van der Waals surface area contributed by atoms with E-state index < -0.39 is 0 Å². The first-order valence-corrected chi connectivity index (χ1v) is 10.0. The van der Waals surface area contributed by atoms with Crippen LogP contribution in [0.25, 0.3) is 11.1 Å². The van der Waals surface area contributed by atoms with Crippen LogP contribution in [0.5, 0.6) is 0 Å². The molecule has 0 saturated heterocycles. The second-order valence-corrected chi connectivity index (χ2v) is 8.58. The van der Waals surface area contributed by atoms with Gasteiger partial charge in [0.15, 0.2) is 5.78 Å². The Balaban J connectivity index is 1.70. The third-order valence-corrected chi connectivity index (χ3v) is 5.54. The number of Topliss-reactive ketones (excluding diaryl/α,β-unsaturated/α-hetero) is 1. The van der Waals surface area contributed by atoms with Crippen molar-refractivity contribution < 1.29 is 9.59 Å². The van der Waals surface area contributed by atoms with E-state index in [2.05, 4.69) is 50.4 Å². The van der Waals surface area contributed by atoms with Crippen molar-refractivity contribution in [2.75, 3.05) is 5.32 Å². The molecule has 0 aromatic heterocycles. The molecule has 0 radical (unpaired) electrons. The van der Waals surface area contributed by atoms with Crippen LogP contribution in [0.2, 0.25) is 0 Å². The van der Waals surface area contributed by atoms with E-state index in [0.29, 0.717) is 29.7 Å². The first-order valence-electron chi connectivity index (χ1n) is 10.0. The molecule has 3 aromatic carbocycles. The van der Waals surface area contributed by atoms with Gasteiger partial charge in [-0.25, -0.2) is 0 Å². The number of amides is 1. The molecular weight excluding hydrogens is 358 g/mol. The standard InChI is InChI=1S/C26H25NO2/c1-26(2,3)19-11-9-17(10-12-19)20-13-15-22(24-21(20)14-16-23(24)28)27-25(29)18-7-5-4-6-8-18/h4-13,15H,14,16H2,1-3H3,(H,27,29). The summed E-state index contributed by atoms with van der Waals surface area (Å²) in [5, 5.41) is 2.94. The fourth-order valence-electron chi connectivity index (χ4n) is 3.90. The van der Waals surface area contributed by atoms with Gasteiger partial charge in [0.05, 0.1) is 5.69 Å². The van der Waals surface area contributed by atoms with Crippen LogP contribution in [0.15, 0.2) is 66.7 Å². The third-order valence-electron chi connectivity index (χ3n) is 5.54. The first-order chi connectivity index (χ1) is 13.8. The van der Waals surface area contributed by atoms with E-state index in [0.717, 1.165) is 16.7 Å². The van der Waals surface area contributed by atoms with Gasteiger partial charge >= 0.3 is 0 Å². The van der Waals surface area contributed by atoms with E-state index >= 15 is 0 Å². The SMILES string of the molecule is CC(C)(C)c1ccc(-c2ccc(NC(=O)c3ccccc3)c3c2CCC3=O)cc1. The molecular formula is C26H25NO2. The van der Waals surface area contributed by atoms with Crippen LogP contribution < -0.4 is 5.32 Å². The highest BCUT2D eigenvalue weighted by Crippen LogP contribution is 2.37. The smallest absolute Gasteiger partial charge is 0.255 e. The fraction of sp³-hybridized carbons (Fsp3) is 0.231. The number of hydrogen-bond donors (Lipinski definition) is 1. The molecule has 0 heterocycles. The summed E-state index contributed by atoms with van der Waals surface area (Å²) in [5.41, 5.74) is 6.42. The first kappa shape index (κ1) is 19.1. The summed E-state index contributed by atoms with van der Waals surface area (Å²) in [6, 6.07) is 21.5. The molecule has 0 atom stereocenters. The topological polar surface area (TPSA) is 46.2 Å². The Labute approximate surface area is 171 Å². The second-order valence-electron chi connectivity index (χ2n) is 8.58. The Bertz CT molecular complexity index is 1070. The van der Waals surface area contributed by atoms with Crippen molar-refractivity contribution in [2.24, 2.45) is 0 Å². The van der Waals surface area contributed by atoms with Gasteiger partial charge in [-0.05, 0) is 52.3 Å². The van der Waals surface area contributed by atoms with E-state index in [-0.39, 0.29) is 17.1 Å². The molecule has 0 spiro atoms. The Kier molecular flexibility index (Phi) is 4.83. The zero-order valence-corrected chi connectivity index (χ0v) is 17.1. The molecule has 29 heavy (non-hydrogen) atoms. The molecule has 4 rings (SSSR count). The predicted octanol–water partition coefficient (Wildman–Crippen LogP) is 6.03. The molecule has 3 heteroatoms. The van der Waals surface area contributed by atoms with Crippen molar-refractivity contribution >= 4 is 17.4 Å². The minimum atomic E-state index is -0.199. The van der Waals surface area contributed by atoms with Crippen molar-refractivity contribution in [3.63, 3.8) is 0 Å². The molecule has 1 aliphatic carbocycles. The predicted molar refractivity (Wildman–Crippen MR) is 118 cm³/mol. The number of ketones is 1. The van der Waals surface area contributed by atoms with Gasteiger partial charge < -0.3 is 5.32 Å². The second kappa shape index (κ2) is 7.32. The summed E-state index contributed by atoms with van der Waals surface area (Å²) in [6.45, 7) is 6.59. The lowest BCUT2D eigenvalue weighted by molar-refractivity contribution is 0.0995. The highest BCUT2D eigenvalue weighted by molar-refractivity contribution is 6.12. The lowest BCUT2D eigenvalue weighted by Crippen LogP contribution is -2.14. The van der Waals surface area contributed by atoms with Gasteiger partial charge in [0.25, 0.3) is 5.91 Å². The highest BCUT2D eigenvalue weighted by Gasteiger charge is 2.27. The number of carbonyl (C=O) groups excluding carboxylic acids is 2. The number of hydrogen-bond acceptors (Lipinski definition) is 2. The van der Waals surface area contributed by atoms with E-state index in [1.165, 1.54) is 5.56 Å². The van der Waals surface area contributed by atoms with Crippen molar-refractivity contribution in [3.8, 4) is 11.1 Å². The number of nitrogens with one attached hydrogen (secondary N) is 1. The highest BCUT2D eigenvalue weighted by atomic mass is 16.1. The largest absolute Gasteiger partial charge is 0.321 e. The number of rotatable bonds is 3. The summed E-state index contributed by atoms with van der Waals surface area (Å²) in [4.78, 5) is 25.2. The average Bonchev–Trinajstić information content (AvgIpc) is 3.10. The van der Waals surface area contributed by atoms with Crippen LogP contribution in [0.4, 0.5) is 5.69 Å². The normalized spacial score (nSPS) is 13.3. The fourth-order valence-corrected chi connectivity index (χ4v) is 3.90. The molecule has 3 aromatic rings. The van der Waals surface area contributed by atoms with Gasteiger partial charge in [-0.1, -0.05) is 69.3 Å². The Hall–Kier alpha value is -3.20. The van der Waals surface area contributed by atoms with Crippen LogP contribution in [0, 0.1) is 0 Å². The molecule has 0 aliphatic heterocycles. The Morgan fingerprint density at radius 2 is 1.55 bits per heavy atom. The summed E-state index contributed by atoms with van der Waals surface area (Å²) in [5.74, 6) is -0.105. The van der Waals surface area contributed by atoms with Gasteiger partial charge in [-0.2, -0.15) is 0 Å². The van der Waals surface area contributed by atoms with Gasteiger partial charge in [0, 0.05) is 17.5 Å². The Morgan fingerprint density at radius 1 is 0.862 bits per heavy atom. The van der Waals surface area contributed by atoms with Crippen molar-refractivity contribution in [1.29, 1.82) is 0 Å². The summed E-state index contributed by atoms with van der Waals surface area (Å²) in [7, 11) is 0. The van der Waals surface area contributed by atoms with E-state index in [1.807, 2.05) is 30.3 Å². The summed E-state index contributed by atoms with van der Waals surface area (Å²) >= 11 is 0. The molecule has 1 aliphatic rings. The van der Waals surface area contributed by atoms with Crippen molar-refractivity contribution in [1.82, 2.24) is 0 Å². The molecule has 1 amide bonds. The zero-order chi connectivity index (χ0) is 20.6. The summed E-state index contributed by atoms with van der Waals surface area (Å²) in [6.07, 6.45) is 1.19. The van der Waals surface area contributed by atoms with E-state index in [1.54, 1.807) is 12.1 Å². The molecule has 1 N–H and O–H groups in total. The van der Waals surface area contributed by atoms with Gasteiger partial charge in [0.2, 0.25) is 0 Å². The molecule has 0 bridgehead atoms. The maximum Gasteiger partial charge on any atom is 0.255 e. The molecule has 0 saturated carbocycles. The van der Waals surface area contributed by atoms with Crippen LogP contribution in [0.1, 0.15) is 59.0 Å². The van der Waals surface area contributed by atoms with E-state index in [4.69, 9.17) is 0 Å². The van der Waals surface area contributed by atoms with Crippen LogP contribution >= 0.6 is 0 Å². The molecule has 3 nitrogen and oxygen atoms in total. The summed E-state index contributed by atoms with van der Waals surface area (Å²) < 4.78 is 0. The van der Waals surface area contributed by atoms with Gasteiger partial charge in [-0.3, -0.25) is 9.59 Å². The number of benzene rings is 3. The minimum Gasteiger partial charge on any atom is -0.321 e. The Morgan fingerprint density at radius 3 is 2.21 bits per heavy atom. The number of fused-ring (bicyclic) bond motifs is 1. The lowest BCUT2D eigenvalue weighted by Gasteiger charge is -2.20. The lowest BCUT2D eigenvalue weighted by atomic mass is 9.85. The monoisotopic (exact) mass is 383 g/mol. The molecule has 0 fully saturated rings. The van der Waals surface area contributed by atoms with Gasteiger partial charge in [-0.15, -0.1) is 0 Å². The van der Waals surface area contributed by atoms with E-state index in [9.17, 15) is 9.59 Å².